The normalized spacial score (nSPS) is 30.9. The molecule has 0 radical (unpaired) electrons. The second kappa shape index (κ2) is 4.74. The molecule has 0 aromatic carbocycles. The van der Waals surface area contributed by atoms with Gasteiger partial charge in [0.25, 0.3) is 0 Å². The number of nitrogens with zero attached hydrogens (tertiary/aromatic N) is 2. The second-order valence-electron chi connectivity index (χ2n) is 5.11. The quantitative estimate of drug-likeness (QED) is 0.844. The monoisotopic (exact) mass is 237 g/mol. The molecule has 0 bridgehead atoms. The second-order valence-corrected chi connectivity index (χ2v) is 5.11. The topological polar surface area (TPSA) is 74.2 Å². The lowest BCUT2D eigenvalue weighted by atomic mass is 9.96. The van der Waals surface area contributed by atoms with Gasteiger partial charge in [0.05, 0.1) is 12.5 Å². The third kappa shape index (κ3) is 2.21. The highest BCUT2D eigenvalue weighted by molar-refractivity contribution is 5.04. The summed E-state index contributed by atoms with van der Waals surface area (Å²) in [5.74, 6) is 2.11. The van der Waals surface area contributed by atoms with Crippen molar-refractivity contribution in [2.45, 2.75) is 50.0 Å². The van der Waals surface area contributed by atoms with Crippen molar-refractivity contribution >= 4 is 0 Å². The molecule has 1 aliphatic carbocycles. The third-order valence-electron chi connectivity index (χ3n) is 3.90. The summed E-state index contributed by atoms with van der Waals surface area (Å²) >= 11 is 0. The van der Waals surface area contributed by atoms with Crippen LogP contribution >= 0.6 is 0 Å². The summed E-state index contributed by atoms with van der Waals surface area (Å²) in [5, 5.41) is 4.11. The fourth-order valence-corrected chi connectivity index (χ4v) is 2.76. The van der Waals surface area contributed by atoms with Gasteiger partial charge in [0.15, 0.2) is 5.82 Å². The molecule has 1 aromatic rings. The highest BCUT2D eigenvalue weighted by Gasteiger charge is 2.30. The first kappa shape index (κ1) is 11.2. The Balaban J connectivity index is 1.74. The zero-order chi connectivity index (χ0) is 11.7. The van der Waals surface area contributed by atoms with Gasteiger partial charge in [0, 0.05) is 18.6 Å². The molecule has 2 heterocycles. The summed E-state index contributed by atoms with van der Waals surface area (Å²) in [6.07, 6.45) is 5.80. The van der Waals surface area contributed by atoms with E-state index in [1.165, 1.54) is 25.7 Å². The van der Waals surface area contributed by atoms with Gasteiger partial charge in [-0.1, -0.05) is 18.0 Å². The van der Waals surface area contributed by atoms with Crippen LogP contribution in [0.25, 0.3) is 0 Å². The SMILES string of the molecule is NC1CCOCC1c1nc(C2CCCC2)no1. The summed E-state index contributed by atoms with van der Waals surface area (Å²) in [6, 6.07) is 0.0839. The van der Waals surface area contributed by atoms with Crippen LogP contribution in [0.1, 0.15) is 55.7 Å². The highest BCUT2D eigenvalue weighted by Crippen LogP contribution is 2.33. The standard InChI is InChI=1S/C12H19N3O2/c13-10-5-6-16-7-9(10)12-14-11(15-17-12)8-3-1-2-4-8/h8-10H,1-7,13H2. The van der Waals surface area contributed by atoms with E-state index in [-0.39, 0.29) is 12.0 Å². The Bertz CT molecular complexity index is 374. The molecule has 17 heavy (non-hydrogen) atoms. The number of nitrogens with two attached hydrogens (primary N) is 1. The molecule has 1 aromatic heterocycles. The summed E-state index contributed by atoms with van der Waals surface area (Å²) < 4.78 is 10.8. The molecule has 2 N–H and O–H groups in total. The van der Waals surface area contributed by atoms with E-state index in [9.17, 15) is 0 Å². The Kier molecular flexibility index (Phi) is 3.11. The van der Waals surface area contributed by atoms with E-state index in [1.807, 2.05) is 0 Å². The molecule has 0 spiro atoms. The molecule has 2 fully saturated rings. The zero-order valence-electron chi connectivity index (χ0n) is 9.97. The molecule has 1 aliphatic heterocycles. The van der Waals surface area contributed by atoms with Crippen LogP contribution in [0.15, 0.2) is 4.52 Å². The first-order valence-corrected chi connectivity index (χ1v) is 6.51. The first-order valence-electron chi connectivity index (χ1n) is 6.51. The van der Waals surface area contributed by atoms with Gasteiger partial charge in [0.1, 0.15) is 0 Å². The first-order chi connectivity index (χ1) is 8.34. The van der Waals surface area contributed by atoms with Gasteiger partial charge in [-0.2, -0.15) is 4.98 Å². The number of rotatable bonds is 2. The lowest BCUT2D eigenvalue weighted by Gasteiger charge is -2.25. The molecule has 3 rings (SSSR count). The fourth-order valence-electron chi connectivity index (χ4n) is 2.76. The molecule has 0 amide bonds. The van der Waals surface area contributed by atoms with Crippen molar-refractivity contribution in [2.24, 2.45) is 5.73 Å². The van der Waals surface area contributed by atoms with Crippen molar-refractivity contribution in [2.75, 3.05) is 13.2 Å². The van der Waals surface area contributed by atoms with E-state index >= 15 is 0 Å². The molecule has 2 aliphatic rings. The van der Waals surface area contributed by atoms with Crippen molar-refractivity contribution in [1.29, 1.82) is 0 Å². The maximum absolute atomic E-state index is 6.07. The average Bonchev–Trinajstić information content (AvgIpc) is 3.00. The predicted octanol–water partition coefficient (Wildman–Crippen LogP) is 1.56. The molecule has 1 saturated carbocycles. The Labute approximate surface area is 101 Å². The number of ether oxygens (including phenoxy) is 1. The predicted molar refractivity (Wildman–Crippen MR) is 61.7 cm³/mol. The molecule has 1 saturated heterocycles. The van der Waals surface area contributed by atoms with Gasteiger partial charge in [-0.05, 0) is 19.3 Å². The summed E-state index contributed by atoms with van der Waals surface area (Å²) in [6.45, 7) is 1.34. The van der Waals surface area contributed by atoms with E-state index < -0.39 is 0 Å². The van der Waals surface area contributed by atoms with E-state index in [0.29, 0.717) is 18.4 Å². The van der Waals surface area contributed by atoms with Crippen LogP contribution in [0.4, 0.5) is 0 Å². The fraction of sp³-hybridized carbons (Fsp3) is 0.833. The van der Waals surface area contributed by atoms with Gasteiger partial charge in [-0.3, -0.25) is 0 Å². The zero-order valence-corrected chi connectivity index (χ0v) is 9.97. The van der Waals surface area contributed by atoms with Crippen molar-refractivity contribution in [3.8, 4) is 0 Å². The van der Waals surface area contributed by atoms with Gasteiger partial charge in [-0.25, -0.2) is 0 Å². The van der Waals surface area contributed by atoms with Crippen molar-refractivity contribution < 1.29 is 9.26 Å². The summed E-state index contributed by atoms with van der Waals surface area (Å²) in [4.78, 5) is 4.53. The summed E-state index contributed by atoms with van der Waals surface area (Å²) in [5.41, 5.74) is 6.07. The molecular formula is C12H19N3O2. The number of aromatic nitrogens is 2. The molecule has 5 heteroatoms. The highest BCUT2D eigenvalue weighted by atomic mass is 16.5. The van der Waals surface area contributed by atoms with Crippen LogP contribution in [-0.2, 0) is 4.74 Å². The smallest absolute Gasteiger partial charge is 0.233 e. The minimum Gasteiger partial charge on any atom is -0.381 e. The largest absolute Gasteiger partial charge is 0.381 e. The lowest BCUT2D eigenvalue weighted by molar-refractivity contribution is 0.0590. The molecule has 5 nitrogen and oxygen atoms in total. The van der Waals surface area contributed by atoms with E-state index in [0.717, 1.165) is 18.9 Å². The van der Waals surface area contributed by atoms with Gasteiger partial charge >= 0.3 is 0 Å². The molecule has 94 valence electrons. The van der Waals surface area contributed by atoms with Gasteiger partial charge in [-0.15, -0.1) is 0 Å². The van der Waals surface area contributed by atoms with Crippen LogP contribution in [0.5, 0.6) is 0 Å². The minimum atomic E-state index is 0.0754. The van der Waals surface area contributed by atoms with E-state index in [4.69, 9.17) is 15.0 Å². The lowest BCUT2D eigenvalue weighted by Crippen LogP contribution is -2.37. The van der Waals surface area contributed by atoms with Crippen LogP contribution < -0.4 is 5.73 Å². The Hall–Kier alpha value is -0.940. The van der Waals surface area contributed by atoms with Crippen LogP contribution in [0, 0.1) is 0 Å². The Morgan fingerprint density at radius 1 is 1.18 bits per heavy atom. The van der Waals surface area contributed by atoms with Crippen molar-refractivity contribution in [3.63, 3.8) is 0 Å². The third-order valence-corrected chi connectivity index (χ3v) is 3.90. The number of hydrogen-bond donors (Lipinski definition) is 1. The van der Waals surface area contributed by atoms with Crippen LogP contribution in [-0.4, -0.2) is 29.4 Å². The van der Waals surface area contributed by atoms with Gasteiger partial charge < -0.3 is 15.0 Å². The maximum Gasteiger partial charge on any atom is 0.233 e. The number of hydrogen-bond acceptors (Lipinski definition) is 5. The van der Waals surface area contributed by atoms with Crippen molar-refractivity contribution in [1.82, 2.24) is 10.1 Å². The van der Waals surface area contributed by atoms with Gasteiger partial charge in [0.2, 0.25) is 5.89 Å². The van der Waals surface area contributed by atoms with Crippen LogP contribution in [0.3, 0.4) is 0 Å². The average molecular weight is 237 g/mol. The Morgan fingerprint density at radius 3 is 2.76 bits per heavy atom. The molecular weight excluding hydrogens is 218 g/mol. The minimum absolute atomic E-state index is 0.0754. The van der Waals surface area contributed by atoms with Crippen molar-refractivity contribution in [3.05, 3.63) is 11.7 Å². The van der Waals surface area contributed by atoms with E-state index in [1.54, 1.807) is 0 Å². The van der Waals surface area contributed by atoms with E-state index in [2.05, 4.69) is 10.1 Å². The Morgan fingerprint density at radius 2 is 2.00 bits per heavy atom. The maximum atomic E-state index is 6.07. The molecule has 2 atom stereocenters. The summed E-state index contributed by atoms with van der Waals surface area (Å²) in [7, 11) is 0. The van der Waals surface area contributed by atoms with Crippen LogP contribution in [0.2, 0.25) is 0 Å². The molecule has 2 unspecified atom stereocenters.